The van der Waals surface area contributed by atoms with Gasteiger partial charge >= 0.3 is 6.09 Å². The summed E-state index contributed by atoms with van der Waals surface area (Å²) in [6.07, 6.45) is 2.49. The highest BCUT2D eigenvalue weighted by atomic mass is 16.6. The molecule has 1 unspecified atom stereocenters. The highest BCUT2D eigenvalue weighted by Crippen LogP contribution is 2.20. The van der Waals surface area contributed by atoms with Gasteiger partial charge in [-0.1, -0.05) is 36.4 Å². The predicted octanol–water partition coefficient (Wildman–Crippen LogP) is 3.68. The number of carbonyl (C=O) groups is 1. The summed E-state index contributed by atoms with van der Waals surface area (Å²) in [5, 5.41) is 0. The molecule has 1 atom stereocenters. The second-order valence-electron chi connectivity index (χ2n) is 7.08. The molecule has 0 N–H and O–H groups in total. The molecule has 1 aromatic carbocycles. The minimum absolute atomic E-state index is 0.187. The van der Waals surface area contributed by atoms with E-state index in [-0.39, 0.29) is 12.1 Å². The van der Waals surface area contributed by atoms with Crippen LogP contribution in [0.15, 0.2) is 43.0 Å². The van der Waals surface area contributed by atoms with Crippen LogP contribution in [0.4, 0.5) is 4.79 Å². The number of rotatable bonds is 5. The standard InChI is InChI=1S/C19H28N2O2/c1-5-12-21(18(22)23-19(2,3)4)17-11-13-20(15-17)14-16-9-7-6-8-10-16/h5-10,17H,1,11-15H2,2-4H3. The van der Waals surface area contributed by atoms with E-state index in [1.54, 1.807) is 6.08 Å². The maximum absolute atomic E-state index is 12.4. The number of ether oxygens (including phenoxy) is 1. The zero-order valence-corrected chi connectivity index (χ0v) is 14.5. The molecule has 0 aliphatic carbocycles. The van der Waals surface area contributed by atoms with Crippen molar-refractivity contribution in [2.45, 2.75) is 45.4 Å². The Labute approximate surface area is 139 Å². The molecule has 126 valence electrons. The van der Waals surface area contributed by atoms with Gasteiger partial charge in [-0.25, -0.2) is 4.79 Å². The van der Waals surface area contributed by atoms with Gasteiger partial charge in [0.1, 0.15) is 5.60 Å². The van der Waals surface area contributed by atoms with E-state index in [0.717, 1.165) is 26.1 Å². The van der Waals surface area contributed by atoms with E-state index in [2.05, 4.69) is 35.7 Å². The molecule has 1 amide bonds. The summed E-state index contributed by atoms with van der Waals surface area (Å²) in [5.74, 6) is 0. The molecule has 1 fully saturated rings. The number of hydrogen-bond donors (Lipinski definition) is 0. The summed E-state index contributed by atoms with van der Waals surface area (Å²) in [5.41, 5.74) is 0.833. The molecule has 0 aromatic heterocycles. The normalized spacial score (nSPS) is 18.7. The van der Waals surface area contributed by atoms with E-state index < -0.39 is 5.60 Å². The van der Waals surface area contributed by atoms with Crippen LogP contribution in [0.3, 0.4) is 0 Å². The smallest absolute Gasteiger partial charge is 0.410 e. The fourth-order valence-corrected chi connectivity index (χ4v) is 2.88. The van der Waals surface area contributed by atoms with Crippen LogP contribution < -0.4 is 0 Å². The van der Waals surface area contributed by atoms with Crippen LogP contribution in [0.5, 0.6) is 0 Å². The van der Waals surface area contributed by atoms with Gasteiger partial charge < -0.3 is 9.64 Å². The van der Waals surface area contributed by atoms with Crippen molar-refractivity contribution in [3.63, 3.8) is 0 Å². The Balaban J connectivity index is 1.96. The van der Waals surface area contributed by atoms with Crippen LogP contribution in [-0.2, 0) is 11.3 Å². The molecular weight excluding hydrogens is 288 g/mol. The van der Waals surface area contributed by atoms with Gasteiger partial charge in [-0.15, -0.1) is 6.58 Å². The van der Waals surface area contributed by atoms with Gasteiger partial charge in [-0.3, -0.25) is 4.90 Å². The quantitative estimate of drug-likeness (QED) is 0.777. The third-order valence-corrected chi connectivity index (χ3v) is 3.89. The van der Waals surface area contributed by atoms with E-state index >= 15 is 0 Å². The number of amides is 1. The molecule has 0 spiro atoms. The van der Waals surface area contributed by atoms with Gasteiger partial charge in [0, 0.05) is 32.2 Å². The third-order valence-electron chi connectivity index (χ3n) is 3.89. The highest BCUT2D eigenvalue weighted by molar-refractivity contribution is 5.68. The monoisotopic (exact) mass is 316 g/mol. The van der Waals surface area contributed by atoms with Crippen molar-refractivity contribution in [2.24, 2.45) is 0 Å². The van der Waals surface area contributed by atoms with E-state index in [4.69, 9.17) is 4.74 Å². The molecule has 1 aliphatic heterocycles. The van der Waals surface area contributed by atoms with Crippen molar-refractivity contribution < 1.29 is 9.53 Å². The first kappa shape index (κ1) is 17.5. The van der Waals surface area contributed by atoms with Crippen LogP contribution >= 0.6 is 0 Å². The summed E-state index contributed by atoms with van der Waals surface area (Å²) in [7, 11) is 0. The highest BCUT2D eigenvalue weighted by Gasteiger charge is 2.32. The summed E-state index contributed by atoms with van der Waals surface area (Å²) in [6.45, 7) is 12.8. The minimum atomic E-state index is -0.473. The number of hydrogen-bond acceptors (Lipinski definition) is 3. The Kier molecular flexibility index (Phi) is 5.83. The second kappa shape index (κ2) is 7.64. The van der Waals surface area contributed by atoms with Crippen molar-refractivity contribution in [2.75, 3.05) is 19.6 Å². The van der Waals surface area contributed by atoms with Crippen molar-refractivity contribution in [3.8, 4) is 0 Å². The summed E-state index contributed by atoms with van der Waals surface area (Å²) < 4.78 is 5.54. The van der Waals surface area contributed by atoms with Gasteiger partial charge in [0.2, 0.25) is 0 Å². The molecule has 23 heavy (non-hydrogen) atoms. The molecule has 0 radical (unpaired) electrons. The van der Waals surface area contributed by atoms with E-state index in [1.807, 2.05) is 31.7 Å². The maximum Gasteiger partial charge on any atom is 0.410 e. The zero-order chi connectivity index (χ0) is 16.9. The lowest BCUT2D eigenvalue weighted by Crippen LogP contribution is -2.44. The van der Waals surface area contributed by atoms with Crippen molar-refractivity contribution in [1.82, 2.24) is 9.80 Å². The van der Waals surface area contributed by atoms with Gasteiger partial charge in [0.05, 0.1) is 0 Å². The molecule has 4 nitrogen and oxygen atoms in total. The topological polar surface area (TPSA) is 32.8 Å². The Morgan fingerprint density at radius 3 is 2.70 bits per heavy atom. The largest absolute Gasteiger partial charge is 0.444 e. The Morgan fingerprint density at radius 2 is 2.09 bits per heavy atom. The first-order valence-electron chi connectivity index (χ1n) is 8.26. The molecule has 2 rings (SSSR count). The number of benzene rings is 1. The molecule has 1 saturated heterocycles. The lowest BCUT2D eigenvalue weighted by molar-refractivity contribution is 0.0194. The van der Waals surface area contributed by atoms with Gasteiger partial charge in [-0.2, -0.15) is 0 Å². The van der Waals surface area contributed by atoms with E-state index in [9.17, 15) is 4.79 Å². The fraction of sp³-hybridized carbons (Fsp3) is 0.526. The first-order valence-corrected chi connectivity index (χ1v) is 8.26. The number of nitrogens with zero attached hydrogens (tertiary/aromatic N) is 2. The van der Waals surface area contributed by atoms with Crippen LogP contribution in [0.1, 0.15) is 32.8 Å². The first-order chi connectivity index (χ1) is 10.9. The Hall–Kier alpha value is -1.81. The SMILES string of the molecule is C=CCN(C(=O)OC(C)(C)C)C1CCN(Cc2ccccc2)C1. The van der Waals surface area contributed by atoms with Crippen LogP contribution in [0.25, 0.3) is 0 Å². The van der Waals surface area contributed by atoms with Crippen molar-refractivity contribution in [3.05, 3.63) is 48.6 Å². The molecule has 0 bridgehead atoms. The Bertz CT molecular complexity index is 522. The van der Waals surface area contributed by atoms with Gasteiger partial charge in [0.25, 0.3) is 0 Å². The molecule has 1 aromatic rings. The summed E-state index contributed by atoms with van der Waals surface area (Å²) >= 11 is 0. The number of likely N-dealkylation sites (tertiary alicyclic amines) is 1. The molecular formula is C19H28N2O2. The van der Waals surface area contributed by atoms with Gasteiger partial charge in [0.15, 0.2) is 0 Å². The van der Waals surface area contributed by atoms with Crippen molar-refractivity contribution >= 4 is 6.09 Å². The minimum Gasteiger partial charge on any atom is -0.444 e. The summed E-state index contributed by atoms with van der Waals surface area (Å²) in [6, 6.07) is 10.6. The number of carbonyl (C=O) groups excluding carboxylic acids is 1. The van der Waals surface area contributed by atoms with Gasteiger partial charge in [-0.05, 0) is 32.8 Å². The maximum atomic E-state index is 12.4. The van der Waals surface area contributed by atoms with Crippen LogP contribution in [-0.4, -0.2) is 47.2 Å². The zero-order valence-electron chi connectivity index (χ0n) is 14.5. The second-order valence-corrected chi connectivity index (χ2v) is 7.08. The average Bonchev–Trinajstić information content (AvgIpc) is 2.92. The predicted molar refractivity (Wildman–Crippen MR) is 93.3 cm³/mol. The van der Waals surface area contributed by atoms with Crippen molar-refractivity contribution in [1.29, 1.82) is 0 Å². The van der Waals surface area contributed by atoms with E-state index in [0.29, 0.717) is 6.54 Å². The summed E-state index contributed by atoms with van der Waals surface area (Å²) in [4.78, 5) is 16.6. The Morgan fingerprint density at radius 1 is 1.39 bits per heavy atom. The molecule has 4 heteroatoms. The third kappa shape index (κ3) is 5.39. The van der Waals surface area contributed by atoms with Crippen LogP contribution in [0, 0.1) is 0 Å². The lowest BCUT2D eigenvalue weighted by atomic mass is 10.2. The average molecular weight is 316 g/mol. The molecule has 1 aliphatic rings. The van der Waals surface area contributed by atoms with E-state index in [1.165, 1.54) is 5.56 Å². The van der Waals surface area contributed by atoms with Crippen LogP contribution in [0.2, 0.25) is 0 Å². The molecule has 0 saturated carbocycles. The lowest BCUT2D eigenvalue weighted by Gasteiger charge is -2.31. The molecule has 1 heterocycles. The fourth-order valence-electron chi connectivity index (χ4n) is 2.88.